The van der Waals surface area contributed by atoms with Crippen molar-refractivity contribution in [1.29, 1.82) is 0 Å². The van der Waals surface area contributed by atoms with Gasteiger partial charge >= 0.3 is 0 Å². The Morgan fingerprint density at radius 1 is 1.31 bits per heavy atom. The van der Waals surface area contributed by atoms with Crippen LogP contribution in [0.25, 0.3) is 0 Å². The Balaban J connectivity index is 1.52. The molecule has 170 valence electrons. The zero-order valence-electron chi connectivity index (χ0n) is 19.0. The lowest BCUT2D eigenvalue weighted by Crippen LogP contribution is -2.45. The van der Waals surface area contributed by atoms with Crippen LogP contribution in [0.2, 0.25) is 0 Å². The fourth-order valence-corrected chi connectivity index (χ4v) is 3.98. The molecular formula is C23H30N6O3. The van der Waals surface area contributed by atoms with Crippen LogP contribution in [0.15, 0.2) is 24.3 Å². The topological polar surface area (TPSA) is 108 Å². The smallest absolute Gasteiger partial charge is 0.268 e. The maximum absolute atomic E-state index is 13.1. The number of hydrogen-bond acceptors (Lipinski definition) is 7. The van der Waals surface area contributed by atoms with Gasteiger partial charge in [-0.15, -0.1) is 0 Å². The third-order valence-corrected chi connectivity index (χ3v) is 5.88. The summed E-state index contributed by atoms with van der Waals surface area (Å²) < 4.78 is 5.75. The summed E-state index contributed by atoms with van der Waals surface area (Å²) >= 11 is 0. The lowest BCUT2D eigenvalue weighted by Gasteiger charge is -2.31. The number of carbonyl (C=O) groups excluding carboxylic acids is 2. The highest BCUT2D eigenvalue weighted by Crippen LogP contribution is 2.34. The standard InChI is InChI=1S/C23H30N6O3/c1-23(2)22(31)27-17-10-14(7-8-18(17)32-23)21(30)29(4)13-20-26-16(11-19(24-3)28-20)15-6-5-9-25-12-15/h7-8,10-11,15,25H,5-6,9,12-13H2,1-4H3,(H,27,31)(H,24,26,28). The van der Waals surface area contributed by atoms with Crippen LogP contribution in [-0.4, -0.2) is 59.5 Å². The molecule has 1 aromatic carbocycles. The van der Waals surface area contributed by atoms with E-state index < -0.39 is 5.60 Å². The molecule has 2 aliphatic heterocycles. The van der Waals surface area contributed by atoms with Crippen LogP contribution < -0.4 is 20.7 Å². The second-order valence-corrected chi connectivity index (χ2v) is 8.83. The molecule has 3 N–H and O–H groups in total. The van der Waals surface area contributed by atoms with E-state index >= 15 is 0 Å². The molecule has 9 heteroatoms. The van der Waals surface area contributed by atoms with Crippen LogP contribution in [0.3, 0.4) is 0 Å². The number of carbonyl (C=O) groups is 2. The van der Waals surface area contributed by atoms with Crippen molar-refractivity contribution >= 4 is 23.3 Å². The minimum Gasteiger partial charge on any atom is -0.476 e. The number of aromatic nitrogens is 2. The van der Waals surface area contributed by atoms with Crippen LogP contribution >= 0.6 is 0 Å². The molecule has 0 radical (unpaired) electrons. The highest BCUT2D eigenvalue weighted by molar-refractivity contribution is 6.02. The number of hydrogen-bond donors (Lipinski definition) is 3. The number of nitrogens with zero attached hydrogens (tertiary/aromatic N) is 3. The Hall–Kier alpha value is -3.20. The van der Waals surface area contributed by atoms with Gasteiger partial charge in [0.1, 0.15) is 17.4 Å². The number of amides is 2. The third-order valence-electron chi connectivity index (χ3n) is 5.88. The summed E-state index contributed by atoms with van der Waals surface area (Å²) in [6, 6.07) is 7.04. The fraction of sp³-hybridized carbons (Fsp3) is 0.478. The van der Waals surface area contributed by atoms with Gasteiger partial charge in [0.2, 0.25) is 0 Å². The van der Waals surface area contributed by atoms with Gasteiger partial charge in [-0.25, -0.2) is 9.97 Å². The van der Waals surface area contributed by atoms with Gasteiger partial charge in [-0.1, -0.05) is 0 Å². The molecule has 0 spiro atoms. The normalized spacial score (nSPS) is 19.4. The molecule has 9 nitrogen and oxygen atoms in total. The number of anilines is 2. The van der Waals surface area contributed by atoms with Crippen molar-refractivity contribution in [2.75, 3.05) is 37.8 Å². The SMILES string of the molecule is CNc1cc(C2CCCNC2)nc(CN(C)C(=O)c2ccc3c(c2)NC(=O)C(C)(C)O3)n1. The lowest BCUT2D eigenvalue weighted by atomic mass is 9.96. The quantitative estimate of drug-likeness (QED) is 0.658. The van der Waals surface area contributed by atoms with Gasteiger partial charge in [-0.2, -0.15) is 0 Å². The number of benzene rings is 1. The first-order valence-electron chi connectivity index (χ1n) is 10.9. The summed E-state index contributed by atoms with van der Waals surface area (Å²) in [5.74, 6) is 1.78. The third kappa shape index (κ3) is 4.52. The van der Waals surface area contributed by atoms with E-state index in [2.05, 4.69) is 20.9 Å². The van der Waals surface area contributed by atoms with E-state index in [1.165, 1.54) is 0 Å². The summed E-state index contributed by atoms with van der Waals surface area (Å²) in [4.78, 5) is 36.2. The monoisotopic (exact) mass is 438 g/mol. The molecule has 0 saturated carbocycles. The minimum absolute atomic E-state index is 0.189. The molecule has 0 bridgehead atoms. The first kappa shape index (κ1) is 22.0. The molecule has 2 amide bonds. The number of nitrogens with one attached hydrogen (secondary N) is 3. The van der Waals surface area contributed by atoms with Crippen molar-refractivity contribution < 1.29 is 14.3 Å². The molecule has 32 heavy (non-hydrogen) atoms. The van der Waals surface area contributed by atoms with Gasteiger partial charge in [0.25, 0.3) is 11.8 Å². The molecule has 1 aromatic heterocycles. The Morgan fingerprint density at radius 3 is 2.84 bits per heavy atom. The largest absolute Gasteiger partial charge is 0.476 e. The van der Waals surface area contributed by atoms with E-state index in [1.807, 2.05) is 13.1 Å². The first-order valence-corrected chi connectivity index (χ1v) is 10.9. The molecule has 1 unspecified atom stereocenters. The predicted octanol–water partition coefficient (Wildman–Crippen LogP) is 2.37. The van der Waals surface area contributed by atoms with Gasteiger partial charge in [0, 0.05) is 38.2 Å². The van der Waals surface area contributed by atoms with Crippen LogP contribution in [0, 0.1) is 0 Å². The summed E-state index contributed by atoms with van der Waals surface area (Å²) in [5, 5.41) is 9.33. The summed E-state index contributed by atoms with van der Waals surface area (Å²) in [6.07, 6.45) is 2.20. The predicted molar refractivity (Wildman–Crippen MR) is 122 cm³/mol. The number of piperidine rings is 1. The minimum atomic E-state index is -0.948. The van der Waals surface area contributed by atoms with Crippen molar-refractivity contribution in [1.82, 2.24) is 20.2 Å². The van der Waals surface area contributed by atoms with Crippen LogP contribution in [0.4, 0.5) is 11.5 Å². The second-order valence-electron chi connectivity index (χ2n) is 8.83. The highest BCUT2D eigenvalue weighted by atomic mass is 16.5. The van der Waals surface area contributed by atoms with Crippen molar-refractivity contribution in [3.63, 3.8) is 0 Å². The van der Waals surface area contributed by atoms with Crippen molar-refractivity contribution in [3.8, 4) is 5.75 Å². The zero-order valence-corrected chi connectivity index (χ0v) is 19.0. The number of rotatable bonds is 5. The summed E-state index contributed by atoms with van der Waals surface area (Å²) in [6.45, 7) is 5.61. The number of fused-ring (bicyclic) bond motifs is 1. The molecular weight excluding hydrogens is 408 g/mol. The van der Waals surface area contributed by atoms with Crippen molar-refractivity contribution in [2.24, 2.45) is 0 Å². The molecule has 1 fully saturated rings. The van der Waals surface area contributed by atoms with E-state index in [4.69, 9.17) is 9.72 Å². The average molecular weight is 439 g/mol. The second kappa shape index (κ2) is 8.74. The highest BCUT2D eigenvalue weighted by Gasteiger charge is 2.35. The van der Waals surface area contributed by atoms with Crippen LogP contribution in [-0.2, 0) is 11.3 Å². The van der Waals surface area contributed by atoms with E-state index in [1.54, 1.807) is 44.0 Å². The first-order chi connectivity index (χ1) is 15.3. The summed E-state index contributed by atoms with van der Waals surface area (Å²) in [5.41, 5.74) is 0.991. The maximum atomic E-state index is 13.1. The van der Waals surface area contributed by atoms with E-state index in [9.17, 15) is 9.59 Å². The molecule has 1 saturated heterocycles. The zero-order chi connectivity index (χ0) is 22.9. The lowest BCUT2D eigenvalue weighted by molar-refractivity contribution is -0.129. The molecule has 4 rings (SSSR count). The Bertz CT molecular complexity index is 1030. The Labute approximate surface area is 188 Å². The molecule has 1 atom stereocenters. The van der Waals surface area contributed by atoms with Gasteiger partial charge in [-0.05, 0) is 51.4 Å². The van der Waals surface area contributed by atoms with Crippen LogP contribution in [0.1, 0.15) is 54.5 Å². The van der Waals surface area contributed by atoms with Crippen molar-refractivity contribution in [2.45, 2.75) is 44.8 Å². The Kier molecular flexibility index (Phi) is 6.01. The van der Waals surface area contributed by atoms with Gasteiger partial charge in [-0.3, -0.25) is 9.59 Å². The Morgan fingerprint density at radius 2 is 2.12 bits per heavy atom. The van der Waals surface area contributed by atoms with E-state index in [0.29, 0.717) is 28.7 Å². The molecule has 2 aliphatic rings. The molecule has 0 aliphatic carbocycles. The maximum Gasteiger partial charge on any atom is 0.268 e. The average Bonchev–Trinajstić information content (AvgIpc) is 2.79. The van der Waals surface area contributed by atoms with Gasteiger partial charge < -0.3 is 25.6 Å². The molecule has 2 aromatic rings. The van der Waals surface area contributed by atoms with Gasteiger partial charge in [0.15, 0.2) is 5.60 Å². The van der Waals surface area contributed by atoms with Crippen LogP contribution in [0.5, 0.6) is 5.75 Å². The summed E-state index contributed by atoms with van der Waals surface area (Å²) in [7, 11) is 3.55. The fourth-order valence-electron chi connectivity index (χ4n) is 3.98. The number of ether oxygens (including phenoxy) is 1. The van der Waals surface area contributed by atoms with E-state index in [-0.39, 0.29) is 18.4 Å². The molecule has 3 heterocycles. The van der Waals surface area contributed by atoms with Gasteiger partial charge in [0.05, 0.1) is 17.9 Å². The van der Waals surface area contributed by atoms with E-state index in [0.717, 1.165) is 37.4 Å². The van der Waals surface area contributed by atoms with Crippen molar-refractivity contribution in [3.05, 3.63) is 41.3 Å².